The normalized spacial score (nSPS) is 20.4. The van der Waals surface area contributed by atoms with E-state index in [-0.39, 0.29) is 5.02 Å². The highest BCUT2D eigenvalue weighted by molar-refractivity contribution is 6.35. The topological polar surface area (TPSA) is 122 Å². The Morgan fingerprint density at radius 3 is 2.57 bits per heavy atom. The monoisotopic (exact) mass is 358 g/mol. The Hall–Kier alpha value is -2.32. The first kappa shape index (κ1) is 17.0. The second-order valence-electron chi connectivity index (χ2n) is 4.98. The predicted molar refractivity (Wildman–Crippen MR) is 81.8 cm³/mol. The number of hydrogen-bond donors (Lipinski definition) is 3. The summed E-state index contributed by atoms with van der Waals surface area (Å²) in [5, 5.41) is 4.82. The zero-order chi connectivity index (χ0) is 17.4. The van der Waals surface area contributed by atoms with Crippen LogP contribution in [-0.2, 0) is 15.1 Å². The van der Waals surface area contributed by atoms with E-state index in [9.17, 15) is 19.2 Å². The first-order valence-corrected chi connectivity index (χ1v) is 7.09. The van der Waals surface area contributed by atoms with Gasteiger partial charge in [0.1, 0.15) is 12.1 Å². The van der Waals surface area contributed by atoms with Crippen molar-refractivity contribution < 1.29 is 19.2 Å². The van der Waals surface area contributed by atoms with E-state index in [1.54, 1.807) is 5.32 Å². The van der Waals surface area contributed by atoms with Crippen molar-refractivity contribution in [2.75, 3.05) is 6.54 Å². The molecule has 1 fully saturated rings. The van der Waals surface area contributed by atoms with Crippen LogP contribution in [0.15, 0.2) is 18.2 Å². The quantitative estimate of drug-likeness (QED) is 0.696. The molecule has 6 amide bonds. The van der Waals surface area contributed by atoms with Crippen LogP contribution in [0.25, 0.3) is 0 Å². The molecule has 0 saturated carbocycles. The van der Waals surface area contributed by atoms with Crippen LogP contribution in [0.3, 0.4) is 0 Å². The van der Waals surface area contributed by atoms with Crippen molar-refractivity contribution in [2.24, 2.45) is 5.73 Å². The zero-order valence-electron chi connectivity index (χ0n) is 11.9. The highest BCUT2D eigenvalue weighted by atomic mass is 35.5. The fraction of sp³-hybridized carbons (Fsp3) is 0.231. The van der Waals surface area contributed by atoms with Gasteiger partial charge in [-0.05, 0) is 19.1 Å². The van der Waals surface area contributed by atoms with Crippen molar-refractivity contribution in [3.8, 4) is 0 Å². The van der Waals surface area contributed by atoms with E-state index in [1.165, 1.54) is 25.1 Å². The molecule has 10 heteroatoms. The molecule has 1 aliphatic rings. The average molecular weight is 359 g/mol. The third kappa shape index (κ3) is 3.22. The minimum Gasteiger partial charge on any atom is -0.351 e. The van der Waals surface area contributed by atoms with E-state index >= 15 is 0 Å². The van der Waals surface area contributed by atoms with E-state index in [2.05, 4.69) is 5.32 Å². The van der Waals surface area contributed by atoms with Crippen molar-refractivity contribution in [2.45, 2.75) is 12.5 Å². The molecule has 4 N–H and O–H groups in total. The third-order valence-electron chi connectivity index (χ3n) is 3.31. The molecule has 0 unspecified atom stereocenters. The van der Waals surface area contributed by atoms with Crippen LogP contribution in [0.5, 0.6) is 0 Å². The molecule has 0 aliphatic carbocycles. The number of primary amides is 1. The van der Waals surface area contributed by atoms with E-state index in [0.717, 1.165) is 0 Å². The Labute approximate surface area is 140 Å². The molecule has 0 radical (unpaired) electrons. The molecular formula is C13H12Cl2N4O4. The van der Waals surface area contributed by atoms with Crippen LogP contribution in [0.4, 0.5) is 9.59 Å². The van der Waals surface area contributed by atoms with Gasteiger partial charge in [0.05, 0.1) is 0 Å². The average Bonchev–Trinajstić information content (AvgIpc) is 2.62. The fourth-order valence-corrected chi connectivity index (χ4v) is 2.84. The number of rotatable bonds is 3. The summed E-state index contributed by atoms with van der Waals surface area (Å²) in [5.74, 6) is -1.57. The summed E-state index contributed by atoms with van der Waals surface area (Å²) in [7, 11) is 0. The Morgan fingerprint density at radius 1 is 1.35 bits per heavy atom. The summed E-state index contributed by atoms with van der Waals surface area (Å²) in [5.41, 5.74) is 3.69. The minimum atomic E-state index is -1.45. The van der Waals surface area contributed by atoms with Crippen LogP contribution in [-0.4, -0.2) is 35.3 Å². The molecule has 1 heterocycles. The van der Waals surface area contributed by atoms with Gasteiger partial charge in [-0.3, -0.25) is 19.8 Å². The Morgan fingerprint density at radius 2 is 2.00 bits per heavy atom. The molecular weight excluding hydrogens is 347 g/mol. The molecule has 1 saturated heterocycles. The van der Waals surface area contributed by atoms with Crippen LogP contribution in [0.1, 0.15) is 12.5 Å². The van der Waals surface area contributed by atoms with Gasteiger partial charge in [0.2, 0.25) is 5.91 Å². The van der Waals surface area contributed by atoms with Gasteiger partial charge in [-0.25, -0.2) is 9.59 Å². The summed E-state index contributed by atoms with van der Waals surface area (Å²) in [6.07, 6.45) is 0. The van der Waals surface area contributed by atoms with Crippen LogP contribution in [0.2, 0.25) is 10.0 Å². The lowest BCUT2D eigenvalue weighted by Crippen LogP contribution is -2.45. The maximum atomic E-state index is 12.6. The first-order valence-electron chi connectivity index (χ1n) is 6.34. The molecule has 122 valence electrons. The number of nitrogens with one attached hydrogen (secondary N) is 2. The van der Waals surface area contributed by atoms with Gasteiger partial charge in [-0.2, -0.15) is 0 Å². The lowest BCUT2D eigenvalue weighted by atomic mass is 9.92. The van der Waals surface area contributed by atoms with Crippen molar-refractivity contribution in [3.63, 3.8) is 0 Å². The lowest BCUT2D eigenvalue weighted by Gasteiger charge is -2.23. The molecule has 1 atom stereocenters. The Kier molecular flexibility index (Phi) is 4.49. The summed E-state index contributed by atoms with van der Waals surface area (Å²) >= 11 is 11.9. The minimum absolute atomic E-state index is 0.192. The first-order chi connectivity index (χ1) is 10.6. The smallest absolute Gasteiger partial charge is 0.325 e. The van der Waals surface area contributed by atoms with Gasteiger partial charge >= 0.3 is 12.1 Å². The highest BCUT2D eigenvalue weighted by Crippen LogP contribution is 2.34. The molecule has 1 aliphatic heterocycles. The third-order valence-corrected chi connectivity index (χ3v) is 3.86. The van der Waals surface area contributed by atoms with Crippen LogP contribution in [0, 0.1) is 0 Å². The molecule has 2 rings (SSSR count). The van der Waals surface area contributed by atoms with Crippen molar-refractivity contribution in [1.29, 1.82) is 0 Å². The maximum Gasteiger partial charge on any atom is 0.325 e. The number of urea groups is 2. The number of imide groups is 2. The van der Waals surface area contributed by atoms with Crippen LogP contribution >= 0.6 is 23.2 Å². The number of halogens is 2. The number of amides is 6. The largest absolute Gasteiger partial charge is 0.351 e. The van der Waals surface area contributed by atoms with Gasteiger partial charge < -0.3 is 11.1 Å². The number of carbonyl (C=O) groups excluding carboxylic acids is 4. The summed E-state index contributed by atoms with van der Waals surface area (Å²) in [6, 6.07) is 2.60. The molecule has 8 nitrogen and oxygen atoms in total. The van der Waals surface area contributed by atoms with Gasteiger partial charge in [0.25, 0.3) is 5.91 Å². The number of nitrogens with two attached hydrogens (primary N) is 1. The standard InChI is InChI=1S/C13H12Cl2N4O4/c1-13(7-3-2-6(14)4-8(7)15)10(21)19(12(23)18-13)5-9(20)17-11(16)22/h2-4H,5H2,1H3,(H,18,23)(H3,16,17,20,22)/t13-/m0/s1. The second kappa shape index (κ2) is 6.05. The van der Waals surface area contributed by atoms with E-state index in [0.29, 0.717) is 15.5 Å². The van der Waals surface area contributed by atoms with Gasteiger partial charge in [0, 0.05) is 15.6 Å². The molecule has 0 aromatic heterocycles. The number of carbonyl (C=O) groups is 4. The van der Waals surface area contributed by atoms with Gasteiger partial charge in [0.15, 0.2) is 0 Å². The molecule has 1 aromatic carbocycles. The maximum absolute atomic E-state index is 12.6. The number of hydrogen-bond acceptors (Lipinski definition) is 4. The van der Waals surface area contributed by atoms with Crippen molar-refractivity contribution in [3.05, 3.63) is 33.8 Å². The zero-order valence-corrected chi connectivity index (χ0v) is 13.4. The fourth-order valence-electron chi connectivity index (χ4n) is 2.24. The molecule has 0 spiro atoms. The van der Waals surface area contributed by atoms with E-state index < -0.39 is 36.0 Å². The highest BCUT2D eigenvalue weighted by Gasteiger charge is 2.50. The molecule has 1 aromatic rings. The van der Waals surface area contributed by atoms with Crippen molar-refractivity contribution in [1.82, 2.24) is 15.5 Å². The summed E-state index contributed by atoms with van der Waals surface area (Å²) < 4.78 is 0. The predicted octanol–water partition coefficient (Wildman–Crippen LogP) is 0.955. The van der Waals surface area contributed by atoms with Gasteiger partial charge in [-0.15, -0.1) is 0 Å². The van der Waals surface area contributed by atoms with Crippen LogP contribution < -0.4 is 16.4 Å². The van der Waals surface area contributed by atoms with E-state index in [1.807, 2.05) is 0 Å². The lowest BCUT2D eigenvalue weighted by molar-refractivity contribution is -0.134. The SMILES string of the molecule is C[C@@]1(c2ccc(Cl)cc2Cl)NC(=O)N(CC(=O)NC(N)=O)C1=O. The molecule has 0 bridgehead atoms. The number of nitrogens with zero attached hydrogens (tertiary/aromatic N) is 1. The number of benzene rings is 1. The Balaban J connectivity index is 2.29. The summed E-state index contributed by atoms with van der Waals surface area (Å²) in [6.45, 7) is 0.808. The van der Waals surface area contributed by atoms with E-state index in [4.69, 9.17) is 28.9 Å². The molecule has 23 heavy (non-hydrogen) atoms. The second-order valence-corrected chi connectivity index (χ2v) is 5.83. The Bertz CT molecular complexity index is 724. The van der Waals surface area contributed by atoms with Gasteiger partial charge in [-0.1, -0.05) is 29.3 Å². The van der Waals surface area contributed by atoms with Crippen molar-refractivity contribution >= 4 is 47.1 Å². The summed E-state index contributed by atoms with van der Waals surface area (Å²) in [4.78, 5) is 47.4.